The Hall–Kier alpha value is -1.26. The first-order valence-electron chi connectivity index (χ1n) is 7.65. The summed E-state index contributed by atoms with van der Waals surface area (Å²) in [5.74, 6) is -0.807. The highest BCUT2D eigenvalue weighted by molar-refractivity contribution is 5.76. The molecule has 1 unspecified atom stereocenters. The van der Waals surface area contributed by atoms with Crippen LogP contribution >= 0.6 is 0 Å². The summed E-state index contributed by atoms with van der Waals surface area (Å²) in [6, 6.07) is 0.374. The van der Waals surface area contributed by atoms with Crippen molar-refractivity contribution in [2.24, 2.45) is 11.8 Å². The van der Waals surface area contributed by atoms with E-state index < -0.39 is 11.9 Å². The van der Waals surface area contributed by atoms with Crippen LogP contribution in [0.5, 0.6) is 0 Å². The smallest absolute Gasteiger partial charge is 0.320 e. The first-order chi connectivity index (χ1) is 9.36. The third-order valence-corrected chi connectivity index (χ3v) is 3.75. The van der Waals surface area contributed by atoms with Gasteiger partial charge in [0, 0.05) is 25.7 Å². The molecule has 0 aliphatic heterocycles. The highest BCUT2D eigenvalue weighted by Crippen LogP contribution is 2.28. The number of hydrogen-bond donors (Lipinski definition) is 1. The maximum absolute atomic E-state index is 12.6. The van der Waals surface area contributed by atoms with E-state index in [-0.39, 0.29) is 12.6 Å². The van der Waals surface area contributed by atoms with E-state index >= 15 is 0 Å². The van der Waals surface area contributed by atoms with Gasteiger partial charge in [0.05, 0.1) is 5.92 Å². The zero-order chi connectivity index (χ0) is 15.3. The summed E-state index contributed by atoms with van der Waals surface area (Å²) in [5.41, 5.74) is 0. The number of carbonyl (C=O) groups is 2. The van der Waals surface area contributed by atoms with Gasteiger partial charge in [-0.2, -0.15) is 0 Å². The fraction of sp³-hybridized carbons (Fsp3) is 0.867. The third-order valence-electron chi connectivity index (χ3n) is 3.75. The van der Waals surface area contributed by atoms with Crippen LogP contribution in [-0.4, -0.2) is 52.6 Å². The average Bonchev–Trinajstić information content (AvgIpc) is 3.19. The zero-order valence-electron chi connectivity index (χ0n) is 13.1. The first kappa shape index (κ1) is 16.8. The SMILES string of the molecule is CCN(CC(C)C(=O)O)C(=O)N(CCC(C)C)C1CC1. The molecular formula is C15H28N2O3. The Morgan fingerprint density at radius 3 is 2.25 bits per heavy atom. The van der Waals surface area contributed by atoms with E-state index in [0.717, 1.165) is 25.8 Å². The van der Waals surface area contributed by atoms with Crippen molar-refractivity contribution >= 4 is 12.0 Å². The van der Waals surface area contributed by atoms with Gasteiger partial charge in [0.15, 0.2) is 0 Å². The summed E-state index contributed by atoms with van der Waals surface area (Å²) in [5, 5.41) is 8.99. The van der Waals surface area contributed by atoms with Crippen LogP contribution in [0.4, 0.5) is 4.79 Å². The lowest BCUT2D eigenvalue weighted by Crippen LogP contribution is -2.47. The highest BCUT2D eigenvalue weighted by atomic mass is 16.4. The summed E-state index contributed by atoms with van der Waals surface area (Å²) in [4.78, 5) is 27.1. The molecule has 0 aromatic heterocycles. The van der Waals surface area contributed by atoms with E-state index in [1.807, 2.05) is 11.8 Å². The number of amides is 2. The Bertz CT molecular complexity index is 340. The maximum atomic E-state index is 12.6. The van der Waals surface area contributed by atoms with Crippen molar-refractivity contribution in [3.05, 3.63) is 0 Å². The molecule has 0 aromatic rings. The molecule has 0 heterocycles. The van der Waals surface area contributed by atoms with Crippen LogP contribution in [0.1, 0.15) is 47.0 Å². The number of hydrogen-bond acceptors (Lipinski definition) is 2. The fourth-order valence-electron chi connectivity index (χ4n) is 2.15. The van der Waals surface area contributed by atoms with Crippen molar-refractivity contribution in [1.82, 2.24) is 9.80 Å². The number of carbonyl (C=O) groups excluding carboxylic acids is 1. The summed E-state index contributed by atoms with van der Waals surface area (Å²) in [7, 11) is 0. The van der Waals surface area contributed by atoms with Gasteiger partial charge in [-0.25, -0.2) is 4.79 Å². The van der Waals surface area contributed by atoms with Gasteiger partial charge in [0.1, 0.15) is 0 Å². The second-order valence-corrected chi connectivity index (χ2v) is 6.17. The summed E-state index contributed by atoms with van der Waals surface area (Å²) >= 11 is 0. The maximum Gasteiger partial charge on any atom is 0.320 e. The topological polar surface area (TPSA) is 60.9 Å². The summed E-state index contributed by atoms with van der Waals surface area (Å²) in [6.45, 7) is 9.48. The van der Waals surface area contributed by atoms with Gasteiger partial charge < -0.3 is 14.9 Å². The summed E-state index contributed by atoms with van der Waals surface area (Å²) < 4.78 is 0. The third kappa shape index (κ3) is 5.02. The lowest BCUT2D eigenvalue weighted by atomic mass is 10.1. The lowest BCUT2D eigenvalue weighted by Gasteiger charge is -2.31. The zero-order valence-corrected chi connectivity index (χ0v) is 13.1. The van der Waals surface area contributed by atoms with Crippen LogP contribution in [0.25, 0.3) is 0 Å². The van der Waals surface area contributed by atoms with Gasteiger partial charge in [0.2, 0.25) is 0 Å². The molecule has 20 heavy (non-hydrogen) atoms. The molecule has 1 aliphatic rings. The van der Waals surface area contributed by atoms with Crippen molar-refractivity contribution in [1.29, 1.82) is 0 Å². The minimum absolute atomic E-state index is 0.00347. The number of rotatable bonds is 8. The van der Waals surface area contributed by atoms with E-state index in [1.54, 1.807) is 11.8 Å². The highest BCUT2D eigenvalue weighted by Gasteiger charge is 2.34. The molecule has 116 valence electrons. The lowest BCUT2D eigenvalue weighted by molar-refractivity contribution is -0.141. The molecule has 1 atom stereocenters. The van der Waals surface area contributed by atoms with E-state index in [1.165, 1.54) is 0 Å². The molecule has 0 saturated heterocycles. The second-order valence-electron chi connectivity index (χ2n) is 6.17. The molecule has 2 amide bonds. The molecule has 1 rings (SSSR count). The molecule has 0 spiro atoms. The molecule has 1 N–H and O–H groups in total. The largest absolute Gasteiger partial charge is 0.481 e. The standard InChI is InChI=1S/C15H28N2O3/c1-5-16(10-12(4)14(18)19)15(20)17(13-6-7-13)9-8-11(2)3/h11-13H,5-10H2,1-4H3,(H,18,19). The van der Waals surface area contributed by atoms with Crippen molar-refractivity contribution in [3.63, 3.8) is 0 Å². The van der Waals surface area contributed by atoms with Crippen LogP contribution in [-0.2, 0) is 4.79 Å². The van der Waals surface area contributed by atoms with Crippen LogP contribution in [0, 0.1) is 11.8 Å². The Balaban J connectivity index is 2.63. The van der Waals surface area contributed by atoms with Gasteiger partial charge in [-0.1, -0.05) is 20.8 Å². The van der Waals surface area contributed by atoms with E-state index in [4.69, 9.17) is 5.11 Å². The van der Waals surface area contributed by atoms with Crippen LogP contribution in [0.2, 0.25) is 0 Å². The minimum atomic E-state index is -0.851. The average molecular weight is 284 g/mol. The predicted molar refractivity (Wildman–Crippen MR) is 78.6 cm³/mol. The minimum Gasteiger partial charge on any atom is -0.481 e. The van der Waals surface area contributed by atoms with Gasteiger partial charge >= 0.3 is 12.0 Å². The number of carboxylic acid groups (broad SMARTS) is 1. The number of nitrogens with zero attached hydrogens (tertiary/aromatic N) is 2. The fourth-order valence-corrected chi connectivity index (χ4v) is 2.15. The molecule has 5 heteroatoms. The van der Waals surface area contributed by atoms with E-state index in [9.17, 15) is 9.59 Å². The summed E-state index contributed by atoms with van der Waals surface area (Å²) in [6.07, 6.45) is 3.15. The number of carboxylic acids is 1. The van der Waals surface area contributed by atoms with Crippen molar-refractivity contribution < 1.29 is 14.7 Å². The molecule has 1 fully saturated rings. The molecule has 1 saturated carbocycles. The van der Waals surface area contributed by atoms with Gasteiger partial charge in [-0.15, -0.1) is 0 Å². The van der Waals surface area contributed by atoms with Crippen LogP contribution in [0.3, 0.4) is 0 Å². The van der Waals surface area contributed by atoms with Gasteiger partial charge in [-0.05, 0) is 32.1 Å². The predicted octanol–water partition coefficient (Wildman–Crippen LogP) is 2.66. The molecule has 0 bridgehead atoms. The van der Waals surface area contributed by atoms with E-state index in [0.29, 0.717) is 18.5 Å². The quantitative estimate of drug-likeness (QED) is 0.745. The number of aliphatic carboxylic acids is 1. The Kier molecular flexibility index (Phi) is 6.30. The van der Waals surface area contributed by atoms with Gasteiger partial charge in [-0.3, -0.25) is 4.79 Å². The van der Waals surface area contributed by atoms with Crippen molar-refractivity contribution in [3.8, 4) is 0 Å². The normalized spacial score (nSPS) is 16.1. The van der Waals surface area contributed by atoms with Crippen LogP contribution in [0.15, 0.2) is 0 Å². The molecule has 0 radical (unpaired) electrons. The van der Waals surface area contributed by atoms with Crippen LogP contribution < -0.4 is 0 Å². The Morgan fingerprint density at radius 1 is 1.25 bits per heavy atom. The molecule has 1 aliphatic carbocycles. The van der Waals surface area contributed by atoms with Crippen molar-refractivity contribution in [2.45, 2.75) is 53.0 Å². The monoisotopic (exact) mass is 284 g/mol. The van der Waals surface area contributed by atoms with Gasteiger partial charge in [0.25, 0.3) is 0 Å². The molecular weight excluding hydrogens is 256 g/mol. The molecule has 0 aromatic carbocycles. The second kappa shape index (κ2) is 7.50. The number of urea groups is 1. The molecule has 5 nitrogen and oxygen atoms in total. The Morgan fingerprint density at radius 2 is 1.85 bits per heavy atom. The Labute approximate surface area is 121 Å². The van der Waals surface area contributed by atoms with E-state index in [2.05, 4.69) is 13.8 Å². The van der Waals surface area contributed by atoms with Crippen molar-refractivity contribution in [2.75, 3.05) is 19.6 Å². The first-order valence-corrected chi connectivity index (χ1v) is 7.65.